The molecule has 0 aliphatic heterocycles. The van der Waals surface area contributed by atoms with Crippen molar-refractivity contribution in [3.05, 3.63) is 70.8 Å². The van der Waals surface area contributed by atoms with Crippen molar-refractivity contribution in [1.29, 1.82) is 0 Å². The van der Waals surface area contributed by atoms with Gasteiger partial charge in [-0.1, -0.05) is 48.5 Å². The molecule has 0 radical (unpaired) electrons. The fourth-order valence-electron chi connectivity index (χ4n) is 2.41. The van der Waals surface area contributed by atoms with Crippen LogP contribution in [-0.2, 0) is 27.3 Å². The summed E-state index contributed by atoms with van der Waals surface area (Å²) >= 11 is 0. The topological polar surface area (TPSA) is 64.6 Å². The monoisotopic (exact) mass is 341 g/mol. The second kappa shape index (κ2) is 8.87. The van der Waals surface area contributed by atoms with Crippen molar-refractivity contribution < 1.29 is 19.1 Å². The molecule has 0 spiro atoms. The van der Waals surface area contributed by atoms with Crippen LogP contribution in [0.25, 0.3) is 0 Å². The fraction of sp³-hybridized carbons (Fsp3) is 0.300. The molecule has 2 aromatic rings. The number of esters is 1. The van der Waals surface area contributed by atoms with Crippen LogP contribution in [0.4, 0.5) is 4.79 Å². The van der Waals surface area contributed by atoms with Gasteiger partial charge in [0.2, 0.25) is 0 Å². The van der Waals surface area contributed by atoms with Gasteiger partial charge in [-0.3, -0.25) is 0 Å². The highest BCUT2D eigenvalue weighted by atomic mass is 16.6. The molecule has 1 amide bonds. The van der Waals surface area contributed by atoms with Crippen LogP contribution in [0.1, 0.15) is 22.3 Å². The third kappa shape index (κ3) is 5.64. The highest BCUT2D eigenvalue weighted by Crippen LogP contribution is 2.12. The highest BCUT2D eigenvalue weighted by Gasteiger charge is 2.22. The minimum Gasteiger partial charge on any atom is -0.467 e. The molecule has 0 aliphatic rings. The Bertz CT molecular complexity index is 728. The minimum atomic E-state index is -0.796. The summed E-state index contributed by atoms with van der Waals surface area (Å²) in [5, 5.41) is 2.58. The van der Waals surface area contributed by atoms with Crippen molar-refractivity contribution in [3.8, 4) is 0 Å². The molecule has 5 heteroatoms. The number of rotatable bonds is 6. The van der Waals surface area contributed by atoms with Crippen LogP contribution >= 0.6 is 0 Å². The zero-order chi connectivity index (χ0) is 18.2. The molecule has 0 saturated heterocycles. The van der Waals surface area contributed by atoms with E-state index in [1.165, 1.54) is 12.7 Å². The number of amides is 1. The molecule has 25 heavy (non-hydrogen) atoms. The molecule has 2 aromatic carbocycles. The Hall–Kier alpha value is -2.82. The molecular formula is C20H23NO4. The predicted molar refractivity (Wildman–Crippen MR) is 95.2 cm³/mol. The third-order valence-electron chi connectivity index (χ3n) is 4.00. The summed E-state index contributed by atoms with van der Waals surface area (Å²) in [5.41, 5.74) is 4.13. The average Bonchev–Trinajstić information content (AvgIpc) is 2.62. The number of carbonyl (C=O) groups is 2. The number of benzene rings is 2. The molecular weight excluding hydrogens is 318 g/mol. The first-order valence-corrected chi connectivity index (χ1v) is 8.10. The maximum absolute atomic E-state index is 12.0. The summed E-state index contributed by atoms with van der Waals surface area (Å²) in [7, 11) is 1.30. The van der Waals surface area contributed by atoms with Crippen molar-refractivity contribution in [2.24, 2.45) is 0 Å². The third-order valence-corrected chi connectivity index (χ3v) is 4.00. The Morgan fingerprint density at radius 3 is 2.36 bits per heavy atom. The zero-order valence-electron chi connectivity index (χ0n) is 14.7. The van der Waals surface area contributed by atoms with E-state index in [2.05, 4.69) is 5.32 Å². The van der Waals surface area contributed by atoms with Gasteiger partial charge in [0.15, 0.2) is 0 Å². The smallest absolute Gasteiger partial charge is 0.408 e. The Morgan fingerprint density at radius 2 is 1.72 bits per heavy atom. The summed E-state index contributed by atoms with van der Waals surface area (Å²) in [4.78, 5) is 24.0. The summed E-state index contributed by atoms with van der Waals surface area (Å²) in [6.45, 7) is 4.17. The molecule has 0 aliphatic carbocycles. The van der Waals surface area contributed by atoms with Crippen molar-refractivity contribution in [2.75, 3.05) is 7.11 Å². The number of aryl methyl sites for hydroxylation is 2. The molecule has 1 N–H and O–H groups in total. The lowest BCUT2D eigenvalue weighted by Gasteiger charge is -2.17. The first kappa shape index (κ1) is 18.5. The molecule has 2 rings (SSSR count). The van der Waals surface area contributed by atoms with Gasteiger partial charge in [0, 0.05) is 6.42 Å². The van der Waals surface area contributed by atoms with E-state index in [9.17, 15) is 9.59 Å². The van der Waals surface area contributed by atoms with Crippen LogP contribution in [0, 0.1) is 13.8 Å². The molecule has 0 fully saturated rings. The summed E-state index contributed by atoms with van der Waals surface area (Å²) < 4.78 is 9.97. The molecule has 1 atom stereocenters. The van der Waals surface area contributed by atoms with Gasteiger partial charge in [0.25, 0.3) is 0 Å². The van der Waals surface area contributed by atoms with Crippen molar-refractivity contribution in [3.63, 3.8) is 0 Å². The molecule has 132 valence electrons. The Labute approximate surface area is 148 Å². The van der Waals surface area contributed by atoms with E-state index >= 15 is 0 Å². The Morgan fingerprint density at radius 1 is 1.00 bits per heavy atom. The van der Waals surface area contributed by atoms with Gasteiger partial charge < -0.3 is 14.8 Å². The summed E-state index contributed by atoms with van der Waals surface area (Å²) in [5.74, 6) is -0.505. The predicted octanol–water partition coefficient (Wildman–Crippen LogP) is 3.31. The van der Waals surface area contributed by atoms with E-state index in [1.54, 1.807) is 0 Å². The van der Waals surface area contributed by atoms with E-state index in [-0.39, 0.29) is 6.61 Å². The quantitative estimate of drug-likeness (QED) is 0.819. The second-order valence-corrected chi connectivity index (χ2v) is 5.90. The number of methoxy groups -OCH3 is 1. The van der Waals surface area contributed by atoms with E-state index in [1.807, 2.05) is 62.4 Å². The lowest BCUT2D eigenvalue weighted by Crippen LogP contribution is -2.43. The van der Waals surface area contributed by atoms with Crippen molar-refractivity contribution >= 4 is 12.1 Å². The van der Waals surface area contributed by atoms with Gasteiger partial charge in [0.1, 0.15) is 12.6 Å². The van der Waals surface area contributed by atoms with Crippen LogP contribution in [0.3, 0.4) is 0 Å². The number of carbonyl (C=O) groups excluding carboxylic acids is 2. The van der Waals surface area contributed by atoms with Gasteiger partial charge >= 0.3 is 12.1 Å². The van der Waals surface area contributed by atoms with Crippen LogP contribution < -0.4 is 5.32 Å². The van der Waals surface area contributed by atoms with Crippen molar-refractivity contribution in [1.82, 2.24) is 5.32 Å². The molecule has 0 bridgehead atoms. The molecule has 0 unspecified atom stereocenters. The SMILES string of the molecule is COC(=O)[C@H](Cc1ccc(C)c(C)c1)NC(=O)OCc1ccccc1. The minimum absolute atomic E-state index is 0.143. The summed E-state index contributed by atoms with van der Waals surface area (Å²) in [6, 6.07) is 14.5. The largest absolute Gasteiger partial charge is 0.467 e. The van der Waals surface area contributed by atoms with Crippen LogP contribution in [0.2, 0.25) is 0 Å². The number of hydrogen-bond acceptors (Lipinski definition) is 4. The standard InChI is InChI=1S/C20H23NO4/c1-14-9-10-17(11-15(14)2)12-18(19(22)24-3)21-20(23)25-13-16-7-5-4-6-8-16/h4-11,18H,12-13H2,1-3H3,(H,21,23)/t18-/m0/s1. The van der Waals surface area contributed by atoms with Gasteiger partial charge in [0.05, 0.1) is 7.11 Å². The van der Waals surface area contributed by atoms with Gasteiger partial charge in [-0.15, -0.1) is 0 Å². The molecule has 0 saturated carbocycles. The first-order valence-electron chi connectivity index (χ1n) is 8.10. The number of hydrogen-bond donors (Lipinski definition) is 1. The van der Waals surface area contributed by atoms with E-state index in [4.69, 9.17) is 9.47 Å². The number of alkyl carbamates (subject to hydrolysis) is 1. The molecule has 0 heterocycles. The van der Waals surface area contributed by atoms with Gasteiger partial charge in [-0.2, -0.15) is 0 Å². The van der Waals surface area contributed by atoms with Crippen LogP contribution in [-0.4, -0.2) is 25.2 Å². The van der Waals surface area contributed by atoms with E-state index in [0.29, 0.717) is 6.42 Å². The number of nitrogens with one attached hydrogen (secondary N) is 1. The van der Waals surface area contributed by atoms with Gasteiger partial charge in [-0.25, -0.2) is 9.59 Å². The second-order valence-electron chi connectivity index (χ2n) is 5.90. The lowest BCUT2D eigenvalue weighted by molar-refractivity contribution is -0.143. The van der Waals surface area contributed by atoms with Crippen LogP contribution in [0.5, 0.6) is 0 Å². The lowest BCUT2D eigenvalue weighted by atomic mass is 10.0. The zero-order valence-corrected chi connectivity index (χ0v) is 14.7. The highest BCUT2D eigenvalue weighted by molar-refractivity contribution is 5.81. The fourth-order valence-corrected chi connectivity index (χ4v) is 2.41. The number of ether oxygens (including phenoxy) is 2. The Kier molecular flexibility index (Phi) is 6.57. The molecule has 5 nitrogen and oxygen atoms in total. The first-order chi connectivity index (χ1) is 12.0. The van der Waals surface area contributed by atoms with Crippen LogP contribution in [0.15, 0.2) is 48.5 Å². The van der Waals surface area contributed by atoms with E-state index < -0.39 is 18.1 Å². The normalized spacial score (nSPS) is 11.5. The average molecular weight is 341 g/mol. The molecule has 0 aromatic heterocycles. The van der Waals surface area contributed by atoms with Gasteiger partial charge in [-0.05, 0) is 36.1 Å². The Balaban J connectivity index is 1.98. The van der Waals surface area contributed by atoms with E-state index in [0.717, 1.165) is 16.7 Å². The maximum Gasteiger partial charge on any atom is 0.408 e. The summed E-state index contributed by atoms with van der Waals surface area (Å²) in [6.07, 6.45) is -0.308. The van der Waals surface area contributed by atoms with Crippen molar-refractivity contribution in [2.45, 2.75) is 32.9 Å². The maximum atomic E-state index is 12.0.